The van der Waals surface area contributed by atoms with Gasteiger partial charge in [-0.3, -0.25) is 14.9 Å². The summed E-state index contributed by atoms with van der Waals surface area (Å²) in [4.78, 5) is 40.7. The molecule has 0 spiro atoms. The van der Waals surface area contributed by atoms with Crippen LogP contribution in [0.15, 0.2) is 125 Å². The van der Waals surface area contributed by atoms with E-state index in [2.05, 4.69) is 25.8 Å². The minimum absolute atomic E-state index is 0.150. The van der Waals surface area contributed by atoms with E-state index in [1.165, 1.54) is 0 Å². The van der Waals surface area contributed by atoms with Crippen molar-refractivity contribution in [2.24, 2.45) is 0 Å². The van der Waals surface area contributed by atoms with Gasteiger partial charge in [0.25, 0.3) is 11.8 Å². The number of benzene rings is 4. The SMILES string of the molecule is CCOc1ccc(-n2c(-c3ccccc3)cc(/C=C3/C(=O)NC(=O)N(c4ccc(Br)cc4)C3=O)c2-c2ccccc2)cc1. The Morgan fingerprint density at radius 2 is 1.37 bits per heavy atom. The van der Waals surface area contributed by atoms with Crippen LogP contribution >= 0.6 is 15.9 Å². The molecule has 1 aromatic heterocycles. The number of ether oxygens (including phenoxy) is 1. The maximum atomic E-state index is 13.8. The van der Waals surface area contributed by atoms with Gasteiger partial charge in [-0.25, -0.2) is 9.69 Å². The molecule has 4 amide bonds. The maximum Gasteiger partial charge on any atom is 0.335 e. The third kappa shape index (κ3) is 5.52. The van der Waals surface area contributed by atoms with E-state index >= 15 is 0 Å². The van der Waals surface area contributed by atoms with Crippen LogP contribution in [-0.2, 0) is 9.59 Å². The van der Waals surface area contributed by atoms with Crippen molar-refractivity contribution in [3.63, 3.8) is 0 Å². The zero-order chi connectivity index (χ0) is 29.9. The first-order valence-electron chi connectivity index (χ1n) is 13.7. The van der Waals surface area contributed by atoms with Gasteiger partial charge in [0.15, 0.2) is 0 Å². The Morgan fingerprint density at radius 3 is 2.00 bits per heavy atom. The van der Waals surface area contributed by atoms with Gasteiger partial charge in [-0.05, 0) is 78.7 Å². The summed E-state index contributed by atoms with van der Waals surface area (Å²) in [5.74, 6) is -0.701. The van der Waals surface area contributed by atoms with Crippen LogP contribution in [0, 0.1) is 0 Å². The first-order valence-corrected chi connectivity index (χ1v) is 14.5. The van der Waals surface area contributed by atoms with Crippen molar-refractivity contribution in [2.75, 3.05) is 11.5 Å². The molecular formula is C35H26BrN3O4. The highest BCUT2D eigenvalue weighted by Crippen LogP contribution is 2.38. The van der Waals surface area contributed by atoms with Crippen molar-refractivity contribution in [1.82, 2.24) is 9.88 Å². The smallest absolute Gasteiger partial charge is 0.335 e. The molecule has 0 radical (unpaired) electrons. The average Bonchev–Trinajstić information content (AvgIpc) is 3.41. The summed E-state index contributed by atoms with van der Waals surface area (Å²) in [5.41, 5.74) is 5.19. The predicted molar refractivity (Wildman–Crippen MR) is 171 cm³/mol. The molecular weight excluding hydrogens is 606 g/mol. The van der Waals surface area contributed by atoms with E-state index in [9.17, 15) is 14.4 Å². The zero-order valence-corrected chi connectivity index (χ0v) is 24.7. The molecule has 1 fully saturated rings. The van der Waals surface area contributed by atoms with E-state index in [1.807, 2.05) is 97.9 Å². The Kier molecular flexibility index (Phi) is 7.77. The fraction of sp³-hybridized carbons (Fsp3) is 0.0571. The van der Waals surface area contributed by atoms with E-state index in [-0.39, 0.29) is 5.57 Å². The minimum atomic E-state index is -0.797. The molecule has 4 aromatic carbocycles. The first kappa shape index (κ1) is 27.9. The van der Waals surface area contributed by atoms with Crippen molar-refractivity contribution >= 4 is 45.5 Å². The number of carbonyl (C=O) groups is 3. The molecule has 43 heavy (non-hydrogen) atoms. The molecule has 0 saturated carbocycles. The lowest BCUT2D eigenvalue weighted by atomic mass is 10.0. The van der Waals surface area contributed by atoms with Gasteiger partial charge >= 0.3 is 6.03 Å². The van der Waals surface area contributed by atoms with Crippen LogP contribution in [-0.4, -0.2) is 29.0 Å². The number of barbiturate groups is 1. The number of hydrogen-bond acceptors (Lipinski definition) is 4. The van der Waals surface area contributed by atoms with E-state index in [0.717, 1.165) is 43.3 Å². The second-order valence-corrected chi connectivity index (χ2v) is 10.7. The Hall–Kier alpha value is -5.21. The molecule has 0 bridgehead atoms. The molecule has 2 heterocycles. The molecule has 0 atom stereocenters. The molecule has 1 saturated heterocycles. The van der Waals surface area contributed by atoms with Crippen LogP contribution < -0.4 is 15.0 Å². The molecule has 8 heteroatoms. The molecule has 212 valence electrons. The summed E-state index contributed by atoms with van der Waals surface area (Å²) in [6.07, 6.45) is 1.57. The van der Waals surface area contributed by atoms with Crippen molar-refractivity contribution in [2.45, 2.75) is 6.92 Å². The van der Waals surface area contributed by atoms with Crippen LogP contribution in [0.5, 0.6) is 5.75 Å². The van der Waals surface area contributed by atoms with Gasteiger partial charge in [-0.15, -0.1) is 0 Å². The lowest BCUT2D eigenvalue weighted by Crippen LogP contribution is -2.54. The highest BCUT2D eigenvalue weighted by Gasteiger charge is 2.37. The molecule has 1 N–H and O–H groups in total. The van der Waals surface area contributed by atoms with Crippen LogP contribution in [0.25, 0.3) is 34.3 Å². The summed E-state index contributed by atoms with van der Waals surface area (Å²) in [7, 11) is 0. The van der Waals surface area contributed by atoms with Crippen LogP contribution in [0.1, 0.15) is 12.5 Å². The number of urea groups is 1. The summed E-state index contributed by atoms with van der Waals surface area (Å²) in [5, 5.41) is 2.33. The van der Waals surface area contributed by atoms with E-state index < -0.39 is 17.8 Å². The number of imide groups is 2. The second kappa shape index (κ2) is 12.0. The lowest BCUT2D eigenvalue weighted by molar-refractivity contribution is -0.122. The van der Waals surface area contributed by atoms with Gasteiger partial charge in [0, 0.05) is 15.7 Å². The number of rotatable bonds is 7. The van der Waals surface area contributed by atoms with E-state index in [1.54, 1.807) is 30.3 Å². The molecule has 0 aliphatic carbocycles. The maximum absolute atomic E-state index is 13.8. The molecule has 5 aromatic rings. The minimum Gasteiger partial charge on any atom is -0.494 e. The van der Waals surface area contributed by atoms with Gasteiger partial charge in [-0.2, -0.15) is 0 Å². The highest BCUT2D eigenvalue weighted by molar-refractivity contribution is 9.10. The Balaban J connectivity index is 1.57. The Morgan fingerprint density at radius 1 is 0.767 bits per heavy atom. The average molecular weight is 633 g/mol. The summed E-state index contributed by atoms with van der Waals surface area (Å²) in [6.45, 7) is 2.50. The first-order chi connectivity index (χ1) is 20.9. The largest absolute Gasteiger partial charge is 0.494 e. The van der Waals surface area contributed by atoms with Crippen LogP contribution in [0.3, 0.4) is 0 Å². The van der Waals surface area contributed by atoms with E-state index in [4.69, 9.17) is 4.74 Å². The van der Waals surface area contributed by atoms with Crippen molar-refractivity contribution in [3.05, 3.63) is 131 Å². The molecule has 0 unspecified atom stereocenters. The summed E-state index contributed by atoms with van der Waals surface area (Å²) in [6, 6.07) is 35.4. The second-order valence-electron chi connectivity index (χ2n) is 9.76. The topological polar surface area (TPSA) is 80.6 Å². The number of aromatic nitrogens is 1. The van der Waals surface area contributed by atoms with Crippen molar-refractivity contribution in [1.29, 1.82) is 0 Å². The molecule has 1 aliphatic heterocycles. The van der Waals surface area contributed by atoms with Crippen LogP contribution in [0.4, 0.5) is 10.5 Å². The summed E-state index contributed by atoms with van der Waals surface area (Å²) >= 11 is 3.38. The van der Waals surface area contributed by atoms with Gasteiger partial charge in [0.05, 0.1) is 23.7 Å². The summed E-state index contributed by atoms with van der Waals surface area (Å²) < 4.78 is 8.58. The van der Waals surface area contributed by atoms with Gasteiger partial charge < -0.3 is 9.30 Å². The Bertz CT molecular complexity index is 1850. The fourth-order valence-electron chi connectivity index (χ4n) is 5.12. The molecule has 7 nitrogen and oxygen atoms in total. The van der Waals surface area contributed by atoms with Crippen molar-refractivity contribution < 1.29 is 19.1 Å². The number of anilines is 1. The van der Waals surface area contributed by atoms with Crippen LogP contribution in [0.2, 0.25) is 0 Å². The number of carbonyl (C=O) groups excluding carboxylic acids is 3. The van der Waals surface area contributed by atoms with Gasteiger partial charge in [0.1, 0.15) is 11.3 Å². The number of nitrogens with zero attached hydrogens (tertiary/aromatic N) is 2. The standard InChI is InChI=1S/C35H26BrN3O4/c1-2-43-29-19-17-27(18-20-29)38-31(23-9-5-3-6-10-23)22-25(32(38)24-11-7-4-8-12-24)21-30-33(40)37-35(42)39(34(30)41)28-15-13-26(36)14-16-28/h3-22H,2H2,1H3,(H,37,40,42)/b30-21-. The monoisotopic (exact) mass is 631 g/mol. The third-order valence-corrected chi connectivity index (χ3v) is 7.57. The van der Waals surface area contributed by atoms with Crippen molar-refractivity contribution in [3.8, 4) is 34.0 Å². The Labute approximate surface area is 257 Å². The molecule has 6 rings (SSSR count). The third-order valence-electron chi connectivity index (χ3n) is 7.04. The normalized spacial score (nSPS) is 14.2. The molecule has 1 aliphatic rings. The number of halogens is 1. The fourth-order valence-corrected chi connectivity index (χ4v) is 5.38. The number of hydrogen-bond donors (Lipinski definition) is 1. The van der Waals surface area contributed by atoms with E-state index in [0.29, 0.717) is 17.9 Å². The zero-order valence-electron chi connectivity index (χ0n) is 23.2. The number of amides is 4. The quantitative estimate of drug-likeness (QED) is 0.148. The highest BCUT2D eigenvalue weighted by atomic mass is 79.9. The number of nitrogens with one attached hydrogen (secondary N) is 1. The lowest BCUT2D eigenvalue weighted by Gasteiger charge is -2.26. The van der Waals surface area contributed by atoms with Gasteiger partial charge in [0.2, 0.25) is 0 Å². The van der Waals surface area contributed by atoms with Gasteiger partial charge in [-0.1, -0.05) is 76.6 Å². The predicted octanol–water partition coefficient (Wildman–Crippen LogP) is 7.64.